The van der Waals surface area contributed by atoms with Crippen molar-refractivity contribution in [1.29, 1.82) is 0 Å². The van der Waals surface area contributed by atoms with E-state index < -0.39 is 5.91 Å². The molecule has 3 N–H and O–H groups in total. The third-order valence-electron chi connectivity index (χ3n) is 2.41. The molecule has 0 saturated carbocycles. The van der Waals surface area contributed by atoms with Gasteiger partial charge in [-0.05, 0) is 29.8 Å². The van der Waals surface area contributed by atoms with Crippen LogP contribution in [0.2, 0.25) is 0 Å². The van der Waals surface area contributed by atoms with Crippen LogP contribution in [-0.4, -0.2) is 11.8 Å². The van der Waals surface area contributed by atoms with E-state index in [1.54, 1.807) is 36.4 Å². The van der Waals surface area contributed by atoms with Crippen molar-refractivity contribution >= 4 is 11.8 Å². The molecule has 0 bridgehead atoms. The number of primary amides is 1. The number of nitrogens with two attached hydrogens (primary N) is 1. The first-order chi connectivity index (χ1) is 8.66. The molecule has 0 aliphatic rings. The molecular formula is C13H12N2O3. The second-order valence-electron chi connectivity index (χ2n) is 3.72. The number of hydrogen-bond donors (Lipinski definition) is 2. The molecule has 5 nitrogen and oxygen atoms in total. The van der Waals surface area contributed by atoms with Gasteiger partial charge in [-0.15, -0.1) is 0 Å². The first kappa shape index (κ1) is 11.9. The maximum absolute atomic E-state index is 11.6. The van der Waals surface area contributed by atoms with E-state index in [0.717, 1.165) is 5.56 Å². The second kappa shape index (κ2) is 5.18. The molecule has 0 fully saturated rings. The molecule has 92 valence electrons. The summed E-state index contributed by atoms with van der Waals surface area (Å²) in [7, 11) is 0. The van der Waals surface area contributed by atoms with Crippen LogP contribution in [0.4, 0.5) is 0 Å². The van der Waals surface area contributed by atoms with E-state index in [2.05, 4.69) is 5.32 Å². The number of amides is 2. The van der Waals surface area contributed by atoms with Gasteiger partial charge >= 0.3 is 0 Å². The summed E-state index contributed by atoms with van der Waals surface area (Å²) in [6, 6.07) is 10.0. The van der Waals surface area contributed by atoms with E-state index >= 15 is 0 Å². The lowest BCUT2D eigenvalue weighted by atomic mass is 10.1. The van der Waals surface area contributed by atoms with E-state index in [4.69, 9.17) is 10.2 Å². The number of carbonyl (C=O) groups excluding carboxylic acids is 2. The minimum absolute atomic E-state index is 0.251. The topological polar surface area (TPSA) is 85.3 Å². The molecule has 0 aliphatic carbocycles. The zero-order valence-electron chi connectivity index (χ0n) is 9.55. The average molecular weight is 244 g/mol. The van der Waals surface area contributed by atoms with Crippen LogP contribution < -0.4 is 11.1 Å². The van der Waals surface area contributed by atoms with Crippen molar-refractivity contribution in [3.63, 3.8) is 0 Å². The average Bonchev–Trinajstić information content (AvgIpc) is 2.90. The van der Waals surface area contributed by atoms with Gasteiger partial charge in [-0.2, -0.15) is 0 Å². The highest BCUT2D eigenvalue weighted by Crippen LogP contribution is 2.05. The molecular weight excluding hydrogens is 232 g/mol. The molecule has 2 rings (SSSR count). The van der Waals surface area contributed by atoms with Crippen molar-refractivity contribution in [1.82, 2.24) is 5.32 Å². The standard InChI is InChI=1S/C13H12N2O3/c14-12(16)10-4-1-3-9(7-10)8-15-13(17)11-5-2-6-18-11/h1-7H,8H2,(H2,14,16)(H,15,17). The van der Waals surface area contributed by atoms with Crippen molar-refractivity contribution in [2.45, 2.75) is 6.54 Å². The Bertz CT molecular complexity index is 561. The third-order valence-corrected chi connectivity index (χ3v) is 2.41. The number of carbonyl (C=O) groups is 2. The molecule has 0 radical (unpaired) electrons. The number of benzene rings is 1. The predicted octanol–water partition coefficient (Wildman–Crippen LogP) is 1.31. The normalized spacial score (nSPS) is 10.0. The van der Waals surface area contributed by atoms with Gasteiger partial charge in [-0.3, -0.25) is 9.59 Å². The lowest BCUT2D eigenvalue weighted by molar-refractivity contribution is 0.0923. The summed E-state index contributed by atoms with van der Waals surface area (Å²) in [6.45, 7) is 0.306. The van der Waals surface area contributed by atoms with Crippen molar-refractivity contribution < 1.29 is 14.0 Å². The molecule has 0 spiro atoms. The molecule has 5 heteroatoms. The van der Waals surface area contributed by atoms with Gasteiger partial charge in [0.05, 0.1) is 6.26 Å². The molecule has 0 atom stereocenters. The molecule has 1 aromatic carbocycles. The Morgan fingerprint density at radius 2 is 2.06 bits per heavy atom. The fourth-order valence-corrected chi connectivity index (χ4v) is 1.51. The van der Waals surface area contributed by atoms with Crippen molar-refractivity contribution in [2.24, 2.45) is 5.73 Å². The highest BCUT2D eigenvalue weighted by Gasteiger charge is 2.08. The van der Waals surface area contributed by atoms with Gasteiger partial charge in [0.15, 0.2) is 5.76 Å². The van der Waals surface area contributed by atoms with Crippen LogP contribution in [0.15, 0.2) is 47.1 Å². The van der Waals surface area contributed by atoms with Crippen LogP contribution in [0.1, 0.15) is 26.5 Å². The minimum atomic E-state index is -0.491. The van der Waals surface area contributed by atoms with Crippen LogP contribution in [-0.2, 0) is 6.54 Å². The van der Waals surface area contributed by atoms with Crippen LogP contribution >= 0.6 is 0 Å². The minimum Gasteiger partial charge on any atom is -0.459 e. The molecule has 2 aromatic rings. The highest BCUT2D eigenvalue weighted by molar-refractivity contribution is 5.93. The van der Waals surface area contributed by atoms with E-state index in [9.17, 15) is 9.59 Å². The van der Waals surface area contributed by atoms with Gasteiger partial charge in [0.25, 0.3) is 5.91 Å². The Hall–Kier alpha value is -2.56. The number of hydrogen-bond acceptors (Lipinski definition) is 3. The fourth-order valence-electron chi connectivity index (χ4n) is 1.51. The van der Waals surface area contributed by atoms with E-state index in [-0.39, 0.29) is 11.7 Å². The first-order valence-corrected chi connectivity index (χ1v) is 5.37. The highest BCUT2D eigenvalue weighted by atomic mass is 16.3. The third kappa shape index (κ3) is 2.76. The quantitative estimate of drug-likeness (QED) is 0.850. The maximum atomic E-state index is 11.6. The first-order valence-electron chi connectivity index (χ1n) is 5.37. The maximum Gasteiger partial charge on any atom is 0.287 e. The SMILES string of the molecule is NC(=O)c1cccc(CNC(=O)c2ccco2)c1. The van der Waals surface area contributed by atoms with Gasteiger partial charge in [0.2, 0.25) is 5.91 Å². The lowest BCUT2D eigenvalue weighted by Gasteiger charge is -2.04. The Morgan fingerprint density at radius 3 is 2.72 bits per heavy atom. The monoisotopic (exact) mass is 244 g/mol. The Labute approximate surface area is 104 Å². The van der Waals surface area contributed by atoms with E-state index in [1.165, 1.54) is 6.26 Å². The molecule has 0 unspecified atom stereocenters. The number of nitrogens with one attached hydrogen (secondary N) is 1. The zero-order chi connectivity index (χ0) is 13.0. The van der Waals surface area contributed by atoms with Gasteiger partial charge in [-0.25, -0.2) is 0 Å². The predicted molar refractivity (Wildman–Crippen MR) is 64.8 cm³/mol. The van der Waals surface area contributed by atoms with Crippen molar-refractivity contribution in [3.8, 4) is 0 Å². The summed E-state index contributed by atoms with van der Waals surface area (Å²) in [4.78, 5) is 22.6. The molecule has 0 aliphatic heterocycles. The molecule has 2 amide bonds. The smallest absolute Gasteiger partial charge is 0.287 e. The lowest BCUT2D eigenvalue weighted by Crippen LogP contribution is -2.22. The summed E-state index contributed by atoms with van der Waals surface area (Å²) in [5.74, 6) is -0.542. The molecule has 1 heterocycles. The molecule has 1 aromatic heterocycles. The summed E-state index contributed by atoms with van der Waals surface area (Å²) >= 11 is 0. The van der Waals surface area contributed by atoms with Crippen LogP contribution in [0, 0.1) is 0 Å². The summed E-state index contributed by atoms with van der Waals surface area (Å²) in [5.41, 5.74) is 6.39. The van der Waals surface area contributed by atoms with E-state index in [0.29, 0.717) is 12.1 Å². The van der Waals surface area contributed by atoms with Crippen molar-refractivity contribution in [2.75, 3.05) is 0 Å². The van der Waals surface area contributed by atoms with Gasteiger partial charge in [0, 0.05) is 12.1 Å². The van der Waals surface area contributed by atoms with E-state index in [1.807, 2.05) is 0 Å². The van der Waals surface area contributed by atoms with Gasteiger partial charge in [-0.1, -0.05) is 12.1 Å². The summed E-state index contributed by atoms with van der Waals surface area (Å²) in [5, 5.41) is 2.68. The number of furan rings is 1. The number of rotatable bonds is 4. The van der Waals surface area contributed by atoms with Crippen LogP contribution in [0.5, 0.6) is 0 Å². The molecule has 18 heavy (non-hydrogen) atoms. The van der Waals surface area contributed by atoms with Gasteiger partial charge in [0.1, 0.15) is 0 Å². The summed E-state index contributed by atoms with van der Waals surface area (Å²) in [6.07, 6.45) is 1.43. The van der Waals surface area contributed by atoms with Crippen LogP contribution in [0.3, 0.4) is 0 Å². The Kier molecular flexibility index (Phi) is 3.43. The Morgan fingerprint density at radius 1 is 1.22 bits per heavy atom. The largest absolute Gasteiger partial charge is 0.459 e. The fraction of sp³-hybridized carbons (Fsp3) is 0.0769. The van der Waals surface area contributed by atoms with Crippen molar-refractivity contribution in [3.05, 3.63) is 59.5 Å². The second-order valence-corrected chi connectivity index (χ2v) is 3.72. The van der Waals surface area contributed by atoms with Gasteiger partial charge < -0.3 is 15.5 Å². The zero-order valence-corrected chi connectivity index (χ0v) is 9.55. The molecule has 0 saturated heterocycles. The Balaban J connectivity index is 2.00. The van der Waals surface area contributed by atoms with Crippen LogP contribution in [0.25, 0.3) is 0 Å². The summed E-state index contributed by atoms with van der Waals surface area (Å²) < 4.78 is 4.96.